The van der Waals surface area contributed by atoms with Gasteiger partial charge in [0.1, 0.15) is 12.0 Å². The lowest BCUT2D eigenvalue weighted by atomic mass is 9.99. The van der Waals surface area contributed by atoms with E-state index >= 15 is 0 Å². The molecular formula is C12H16ClN3O2. The highest BCUT2D eigenvalue weighted by atomic mass is 35.5. The fourth-order valence-electron chi connectivity index (χ4n) is 2.33. The summed E-state index contributed by atoms with van der Waals surface area (Å²) in [5.74, 6) is 1.92. The summed E-state index contributed by atoms with van der Waals surface area (Å²) in [6.45, 7) is 1.88. The van der Waals surface area contributed by atoms with Gasteiger partial charge in [-0.05, 0) is 25.8 Å². The number of nitrogens with two attached hydrogens (primary N) is 1. The maximum absolute atomic E-state index is 6.27. The summed E-state index contributed by atoms with van der Waals surface area (Å²) in [6.07, 6.45) is 5.73. The standard InChI is InChI=1S/C12H15N3O2.ClH/c1-8-6-9(7-16-8)10-14-11(15-17-10)12(13)4-2-3-5-12;/h6-7H,2-5,13H2,1H3;1H. The third-order valence-corrected chi connectivity index (χ3v) is 3.34. The predicted octanol–water partition coefficient (Wildman–Crippen LogP) is 2.79. The van der Waals surface area contributed by atoms with Crippen molar-refractivity contribution in [1.82, 2.24) is 10.1 Å². The molecule has 0 aromatic carbocycles. The molecule has 2 aromatic heterocycles. The van der Waals surface area contributed by atoms with Crippen LogP contribution in [0, 0.1) is 6.92 Å². The molecule has 1 aliphatic carbocycles. The molecule has 2 N–H and O–H groups in total. The van der Waals surface area contributed by atoms with Crippen molar-refractivity contribution in [2.45, 2.75) is 38.1 Å². The zero-order valence-corrected chi connectivity index (χ0v) is 11.0. The summed E-state index contributed by atoms with van der Waals surface area (Å²) in [4.78, 5) is 4.38. The fraction of sp³-hybridized carbons (Fsp3) is 0.500. The molecule has 0 atom stereocenters. The van der Waals surface area contributed by atoms with Crippen LogP contribution in [0.1, 0.15) is 37.3 Å². The Bertz CT molecular complexity index is 529. The molecule has 0 bridgehead atoms. The van der Waals surface area contributed by atoms with Crippen LogP contribution in [0.5, 0.6) is 0 Å². The summed E-state index contributed by atoms with van der Waals surface area (Å²) >= 11 is 0. The van der Waals surface area contributed by atoms with Crippen LogP contribution in [0.3, 0.4) is 0 Å². The van der Waals surface area contributed by atoms with Crippen molar-refractivity contribution in [2.75, 3.05) is 0 Å². The summed E-state index contributed by atoms with van der Waals surface area (Å²) in [5, 5.41) is 4.00. The molecule has 2 heterocycles. The average molecular weight is 270 g/mol. The third-order valence-electron chi connectivity index (χ3n) is 3.34. The van der Waals surface area contributed by atoms with Crippen LogP contribution in [-0.2, 0) is 5.54 Å². The molecule has 6 heteroatoms. The number of aryl methyl sites for hydroxylation is 1. The van der Waals surface area contributed by atoms with Crippen LogP contribution in [-0.4, -0.2) is 10.1 Å². The Hall–Kier alpha value is -1.33. The van der Waals surface area contributed by atoms with Gasteiger partial charge >= 0.3 is 0 Å². The second-order valence-electron chi connectivity index (χ2n) is 4.73. The van der Waals surface area contributed by atoms with Crippen molar-refractivity contribution < 1.29 is 8.94 Å². The smallest absolute Gasteiger partial charge is 0.261 e. The van der Waals surface area contributed by atoms with E-state index in [0.29, 0.717) is 11.7 Å². The first-order chi connectivity index (χ1) is 8.17. The first kappa shape index (κ1) is 13.1. The molecule has 0 aliphatic heterocycles. The maximum Gasteiger partial charge on any atom is 0.261 e. The van der Waals surface area contributed by atoms with E-state index in [1.165, 1.54) is 0 Å². The molecule has 5 nitrogen and oxygen atoms in total. The predicted molar refractivity (Wildman–Crippen MR) is 68.3 cm³/mol. The number of rotatable bonds is 2. The van der Waals surface area contributed by atoms with E-state index < -0.39 is 5.54 Å². The van der Waals surface area contributed by atoms with E-state index in [9.17, 15) is 0 Å². The zero-order valence-electron chi connectivity index (χ0n) is 10.2. The topological polar surface area (TPSA) is 78.1 Å². The number of aromatic nitrogens is 2. The highest BCUT2D eigenvalue weighted by Gasteiger charge is 2.36. The largest absolute Gasteiger partial charge is 0.469 e. The van der Waals surface area contributed by atoms with Crippen molar-refractivity contribution in [1.29, 1.82) is 0 Å². The van der Waals surface area contributed by atoms with Gasteiger partial charge in [0.05, 0.1) is 11.1 Å². The fourth-order valence-corrected chi connectivity index (χ4v) is 2.33. The van der Waals surface area contributed by atoms with Crippen LogP contribution < -0.4 is 5.73 Å². The van der Waals surface area contributed by atoms with Gasteiger partial charge in [-0.3, -0.25) is 0 Å². The van der Waals surface area contributed by atoms with Crippen LogP contribution in [0.15, 0.2) is 21.3 Å². The molecule has 0 unspecified atom stereocenters. The highest BCUT2D eigenvalue weighted by Crippen LogP contribution is 2.35. The second kappa shape index (κ2) is 4.74. The Balaban J connectivity index is 0.00000120. The van der Waals surface area contributed by atoms with Gasteiger partial charge in [0.2, 0.25) is 0 Å². The summed E-state index contributed by atoms with van der Waals surface area (Å²) in [7, 11) is 0. The van der Waals surface area contributed by atoms with Gasteiger partial charge < -0.3 is 14.7 Å². The Labute approximate surface area is 111 Å². The monoisotopic (exact) mass is 269 g/mol. The Morgan fingerprint density at radius 3 is 2.67 bits per heavy atom. The van der Waals surface area contributed by atoms with E-state index in [4.69, 9.17) is 14.7 Å². The first-order valence-electron chi connectivity index (χ1n) is 5.86. The number of hydrogen-bond donors (Lipinski definition) is 1. The van der Waals surface area contributed by atoms with Gasteiger partial charge in [-0.2, -0.15) is 4.98 Å². The molecule has 0 amide bonds. The maximum atomic E-state index is 6.27. The molecule has 1 fully saturated rings. The first-order valence-corrected chi connectivity index (χ1v) is 5.86. The number of nitrogens with zero attached hydrogens (tertiary/aromatic N) is 2. The molecule has 3 rings (SSSR count). The SMILES string of the molecule is Cc1cc(-c2nc(C3(N)CCCC3)no2)co1.Cl. The van der Waals surface area contributed by atoms with E-state index in [1.54, 1.807) is 6.26 Å². The van der Waals surface area contributed by atoms with Crippen LogP contribution in [0.2, 0.25) is 0 Å². The molecular weight excluding hydrogens is 254 g/mol. The number of furan rings is 1. The molecule has 0 radical (unpaired) electrons. The van der Waals surface area contributed by atoms with E-state index in [2.05, 4.69) is 10.1 Å². The highest BCUT2D eigenvalue weighted by molar-refractivity contribution is 5.85. The van der Waals surface area contributed by atoms with E-state index in [0.717, 1.165) is 37.0 Å². The summed E-state index contributed by atoms with van der Waals surface area (Å²) in [5.41, 5.74) is 6.67. The Kier molecular flexibility index (Phi) is 3.45. The van der Waals surface area contributed by atoms with Crippen LogP contribution >= 0.6 is 12.4 Å². The average Bonchev–Trinajstić information content (AvgIpc) is 2.96. The van der Waals surface area contributed by atoms with Crippen LogP contribution in [0.25, 0.3) is 11.5 Å². The van der Waals surface area contributed by atoms with Gasteiger partial charge in [-0.1, -0.05) is 18.0 Å². The molecule has 0 spiro atoms. The summed E-state index contributed by atoms with van der Waals surface area (Å²) in [6, 6.07) is 1.87. The van der Waals surface area contributed by atoms with Crippen molar-refractivity contribution >= 4 is 12.4 Å². The quantitative estimate of drug-likeness (QED) is 0.907. The molecule has 1 aliphatic rings. The van der Waals surface area contributed by atoms with Gasteiger partial charge in [0.15, 0.2) is 5.82 Å². The lowest BCUT2D eigenvalue weighted by molar-refractivity contribution is 0.372. The lowest BCUT2D eigenvalue weighted by Crippen LogP contribution is -2.34. The van der Waals surface area contributed by atoms with Crippen molar-refractivity contribution in [3.63, 3.8) is 0 Å². The van der Waals surface area contributed by atoms with Crippen molar-refractivity contribution in [2.24, 2.45) is 5.73 Å². The Morgan fingerprint density at radius 1 is 1.33 bits per heavy atom. The van der Waals surface area contributed by atoms with Crippen molar-refractivity contribution in [3.05, 3.63) is 23.9 Å². The normalized spacial score (nSPS) is 17.7. The molecule has 18 heavy (non-hydrogen) atoms. The van der Waals surface area contributed by atoms with Gasteiger partial charge in [-0.25, -0.2) is 0 Å². The van der Waals surface area contributed by atoms with Crippen molar-refractivity contribution in [3.8, 4) is 11.5 Å². The number of halogens is 1. The van der Waals surface area contributed by atoms with Crippen LogP contribution in [0.4, 0.5) is 0 Å². The minimum Gasteiger partial charge on any atom is -0.469 e. The second-order valence-corrected chi connectivity index (χ2v) is 4.73. The minimum atomic E-state index is -0.402. The molecule has 0 saturated heterocycles. The third kappa shape index (κ3) is 2.15. The Morgan fingerprint density at radius 2 is 2.06 bits per heavy atom. The minimum absolute atomic E-state index is 0. The van der Waals surface area contributed by atoms with E-state index in [-0.39, 0.29) is 12.4 Å². The number of hydrogen-bond acceptors (Lipinski definition) is 5. The van der Waals surface area contributed by atoms with Gasteiger partial charge in [0, 0.05) is 0 Å². The van der Waals surface area contributed by atoms with Gasteiger partial charge in [0.25, 0.3) is 5.89 Å². The molecule has 98 valence electrons. The van der Waals surface area contributed by atoms with E-state index in [1.807, 2.05) is 13.0 Å². The molecule has 1 saturated carbocycles. The zero-order chi connectivity index (χ0) is 11.9. The van der Waals surface area contributed by atoms with Gasteiger partial charge in [-0.15, -0.1) is 12.4 Å². The lowest BCUT2D eigenvalue weighted by Gasteiger charge is -2.17. The summed E-state index contributed by atoms with van der Waals surface area (Å²) < 4.78 is 10.5. The molecule has 2 aromatic rings.